The van der Waals surface area contributed by atoms with Crippen molar-refractivity contribution in [3.8, 4) is 0 Å². The lowest BCUT2D eigenvalue weighted by molar-refractivity contribution is 0.00832. The molecule has 2 heteroatoms. The van der Waals surface area contributed by atoms with Gasteiger partial charge in [-0.2, -0.15) is 0 Å². The molecule has 0 fully saturated rings. The standard InChI is InChI=1S/C9H18O2/c1-4-6-7-11-8-9(5-2)10-3/h4,9H,1,5-8H2,2-3H3. The summed E-state index contributed by atoms with van der Waals surface area (Å²) < 4.78 is 10.5. The van der Waals surface area contributed by atoms with Gasteiger partial charge < -0.3 is 9.47 Å². The molecule has 0 aliphatic heterocycles. The van der Waals surface area contributed by atoms with Gasteiger partial charge in [0.2, 0.25) is 0 Å². The molecule has 1 unspecified atom stereocenters. The van der Waals surface area contributed by atoms with Gasteiger partial charge in [-0.15, -0.1) is 6.58 Å². The topological polar surface area (TPSA) is 18.5 Å². The monoisotopic (exact) mass is 158 g/mol. The highest BCUT2D eigenvalue weighted by Gasteiger charge is 2.02. The van der Waals surface area contributed by atoms with E-state index in [1.54, 1.807) is 7.11 Å². The Morgan fingerprint density at radius 2 is 2.27 bits per heavy atom. The van der Waals surface area contributed by atoms with Gasteiger partial charge in [0.1, 0.15) is 0 Å². The average molecular weight is 158 g/mol. The molecule has 0 amide bonds. The average Bonchev–Trinajstić information content (AvgIpc) is 2.05. The summed E-state index contributed by atoms with van der Waals surface area (Å²) in [6.07, 6.45) is 4.03. The van der Waals surface area contributed by atoms with Crippen LogP contribution in [0.3, 0.4) is 0 Å². The Labute approximate surface area is 69.2 Å². The van der Waals surface area contributed by atoms with Crippen molar-refractivity contribution in [2.45, 2.75) is 25.9 Å². The zero-order valence-electron chi connectivity index (χ0n) is 7.51. The van der Waals surface area contributed by atoms with E-state index < -0.39 is 0 Å². The van der Waals surface area contributed by atoms with E-state index in [-0.39, 0.29) is 6.10 Å². The van der Waals surface area contributed by atoms with Gasteiger partial charge in [0.15, 0.2) is 0 Å². The Morgan fingerprint density at radius 1 is 1.55 bits per heavy atom. The van der Waals surface area contributed by atoms with E-state index >= 15 is 0 Å². The predicted molar refractivity (Wildman–Crippen MR) is 46.7 cm³/mol. The molecule has 0 bridgehead atoms. The maximum Gasteiger partial charge on any atom is 0.0802 e. The first-order chi connectivity index (χ1) is 5.35. The quantitative estimate of drug-likeness (QED) is 0.417. The molecule has 0 aromatic rings. The van der Waals surface area contributed by atoms with Crippen LogP contribution in [0.4, 0.5) is 0 Å². The van der Waals surface area contributed by atoms with Crippen LogP contribution in [0.2, 0.25) is 0 Å². The minimum atomic E-state index is 0.250. The van der Waals surface area contributed by atoms with E-state index in [9.17, 15) is 0 Å². The number of ether oxygens (including phenoxy) is 2. The van der Waals surface area contributed by atoms with Crippen LogP contribution in [-0.2, 0) is 9.47 Å². The van der Waals surface area contributed by atoms with Gasteiger partial charge in [0.25, 0.3) is 0 Å². The summed E-state index contributed by atoms with van der Waals surface area (Å²) in [4.78, 5) is 0. The van der Waals surface area contributed by atoms with Crippen LogP contribution in [0.15, 0.2) is 12.7 Å². The Bertz CT molecular complexity index is 87.6. The molecule has 0 aliphatic carbocycles. The van der Waals surface area contributed by atoms with Gasteiger partial charge >= 0.3 is 0 Å². The summed E-state index contributed by atoms with van der Waals surface area (Å²) in [6.45, 7) is 7.14. The number of hydrogen-bond donors (Lipinski definition) is 0. The number of hydrogen-bond acceptors (Lipinski definition) is 2. The highest BCUT2D eigenvalue weighted by molar-refractivity contribution is 4.65. The van der Waals surface area contributed by atoms with E-state index in [2.05, 4.69) is 13.5 Å². The number of methoxy groups -OCH3 is 1. The zero-order valence-corrected chi connectivity index (χ0v) is 7.51. The van der Waals surface area contributed by atoms with Crippen molar-refractivity contribution < 1.29 is 9.47 Å². The van der Waals surface area contributed by atoms with E-state index in [0.717, 1.165) is 19.4 Å². The minimum Gasteiger partial charge on any atom is -0.379 e. The molecule has 0 aromatic heterocycles. The van der Waals surface area contributed by atoms with Crippen LogP contribution < -0.4 is 0 Å². The highest BCUT2D eigenvalue weighted by Crippen LogP contribution is 1.96. The van der Waals surface area contributed by atoms with Crippen LogP contribution >= 0.6 is 0 Å². The largest absolute Gasteiger partial charge is 0.379 e. The van der Waals surface area contributed by atoms with Crippen molar-refractivity contribution in [3.05, 3.63) is 12.7 Å². The third-order valence-corrected chi connectivity index (χ3v) is 1.56. The van der Waals surface area contributed by atoms with Crippen LogP contribution in [0, 0.1) is 0 Å². The first kappa shape index (κ1) is 10.7. The van der Waals surface area contributed by atoms with Gasteiger partial charge in [-0.3, -0.25) is 0 Å². The maximum absolute atomic E-state index is 5.32. The Morgan fingerprint density at radius 3 is 2.73 bits per heavy atom. The molecule has 0 heterocycles. The molecule has 0 radical (unpaired) electrons. The van der Waals surface area contributed by atoms with Gasteiger partial charge in [-0.25, -0.2) is 0 Å². The molecule has 11 heavy (non-hydrogen) atoms. The maximum atomic E-state index is 5.32. The lowest BCUT2D eigenvalue weighted by atomic mass is 10.3. The summed E-state index contributed by atoms with van der Waals surface area (Å²) in [5.74, 6) is 0. The highest BCUT2D eigenvalue weighted by atomic mass is 16.5. The normalized spacial score (nSPS) is 12.9. The summed E-state index contributed by atoms with van der Waals surface area (Å²) in [5, 5.41) is 0. The third-order valence-electron chi connectivity index (χ3n) is 1.56. The molecule has 2 nitrogen and oxygen atoms in total. The van der Waals surface area contributed by atoms with Gasteiger partial charge in [-0.05, 0) is 12.8 Å². The SMILES string of the molecule is C=CCCOCC(CC)OC. The molecule has 0 aliphatic rings. The second-order valence-electron chi connectivity index (χ2n) is 2.42. The van der Waals surface area contributed by atoms with Crippen molar-refractivity contribution >= 4 is 0 Å². The smallest absolute Gasteiger partial charge is 0.0802 e. The van der Waals surface area contributed by atoms with Crippen molar-refractivity contribution in [1.82, 2.24) is 0 Å². The zero-order chi connectivity index (χ0) is 8.53. The predicted octanol–water partition coefficient (Wildman–Crippen LogP) is 2.00. The molecule has 1 atom stereocenters. The second kappa shape index (κ2) is 7.76. The minimum absolute atomic E-state index is 0.250. The van der Waals surface area contributed by atoms with Crippen LogP contribution in [-0.4, -0.2) is 26.4 Å². The van der Waals surface area contributed by atoms with E-state index in [4.69, 9.17) is 9.47 Å². The van der Waals surface area contributed by atoms with Gasteiger partial charge in [0, 0.05) is 7.11 Å². The van der Waals surface area contributed by atoms with Crippen molar-refractivity contribution in [2.75, 3.05) is 20.3 Å². The number of rotatable bonds is 7. The van der Waals surface area contributed by atoms with Gasteiger partial charge in [-0.1, -0.05) is 13.0 Å². The molecular weight excluding hydrogens is 140 g/mol. The van der Waals surface area contributed by atoms with E-state index in [1.807, 2.05) is 6.08 Å². The molecule has 0 N–H and O–H groups in total. The fourth-order valence-electron chi connectivity index (χ4n) is 0.734. The van der Waals surface area contributed by atoms with Crippen molar-refractivity contribution in [3.63, 3.8) is 0 Å². The van der Waals surface area contributed by atoms with Crippen molar-refractivity contribution in [2.24, 2.45) is 0 Å². The first-order valence-corrected chi connectivity index (χ1v) is 4.06. The van der Waals surface area contributed by atoms with Crippen molar-refractivity contribution in [1.29, 1.82) is 0 Å². The van der Waals surface area contributed by atoms with Crippen LogP contribution in [0.5, 0.6) is 0 Å². The van der Waals surface area contributed by atoms with Crippen LogP contribution in [0.1, 0.15) is 19.8 Å². The lowest BCUT2D eigenvalue weighted by Crippen LogP contribution is -2.17. The van der Waals surface area contributed by atoms with Crippen LogP contribution in [0.25, 0.3) is 0 Å². The molecular formula is C9H18O2. The molecule has 0 saturated heterocycles. The molecule has 0 rings (SSSR count). The molecule has 66 valence electrons. The summed E-state index contributed by atoms with van der Waals surface area (Å²) in [7, 11) is 1.71. The molecule has 0 aromatic carbocycles. The summed E-state index contributed by atoms with van der Waals surface area (Å²) >= 11 is 0. The Hall–Kier alpha value is -0.340. The summed E-state index contributed by atoms with van der Waals surface area (Å²) in [6, 6.07) is 0. The summed E-state index contributed by atoms with van der Waals surface area (Å²) in [5.41, 5.74) is 0. The first-order valence-electron chi connectivity index (χ1n) is 4.06. The second-order valence-corrected chi connectivity index (χ2v) is 2.42. The van der Waals surface area contributed by atoms with E-state index in [1.165, 1.54) is 0 Å². The van der Waals surface area contributed by atoms with E-state index in [0.29, 0.717) is 6.61 Å². The van der Waals surface area contributed by atoms with Gasteiger partial charge in [0.05, 0.1) is 19.3 Å². The lowest BCUT2D eigenvalue weighted by Gasteiger charge is -2.12. The fourth-order valence-corrected chi connectivity index (χ4v) is 0.734. The molecule has 0 spiro atoms. The Kier molecular flexibility index (Phi) is 7.52. The Balaban J connectivity index is 3.13. The third kappa shape index (κ3) is 6.07. The fraction of sp³-hybridized carbons (Fsp3) is 0.778. The molecule has 0 saturated carbocycles.